The lowest BCUT2D eigenvalue weighted by Gasteiger charge is -2.49. The molecule has 7 atom stereocenters. The molecule has 2 aromatic rings. The topological polar surface area (TPSA) is 99.1 Å². The number of hydrogen-bond donors (Lipinski definition) is 3. The predicted molar refractivity (Wildman–Crippen MR) is 167 cm³/mol. The Morgan fingerprint density at radius 2 is 1.88 bits per heavy atom. The van der Waals surface area contributed by atoms with Gasteiger partial charge in [0, 0.05) is 23.5 Å². The summed E-state index contributed by atoms with van der Waals surface area (Å²) in [6.07, 6.45) is 5.80. The van der Waals surface area contributed by atoms with Gasteiger partial charge in [0.1, 0.15) is 12.0 Å². The van der Waals surface area contributed by atoms with Crippen LogP contribution in [-0.4, -0.2) is 49.2 Å². The van der Waals surface area contributed by atoms with Crippen molar-refractivity contribution in [3.05, 3.63) is 58.1 Å². The summed E-state index contributed by atoms with van der Waals surface area (Å²) in [6.45, 7) is 7.63. The molecule has 4 aliphatic rings. The second kappa shape index (κ2) is 11.3. The van der Waals surface area contributed by atoms with E-state index in [4.69, 9.17) is 16.3 Å². The van der Waals surface area contributed by atoms with Gasteiger partial charge >= 0.3 is 0 Å². The van der Waals surface area contributed by atoms with Crippen LogP contribution in [0.15, 0.2) is 36.4 Å². The summed E-state index contributed by atoms with van der Waals surface area (Å²) >= 11 is 6.40. The molecular formula is C33H45ClN2O5S. The Labute approximate surface area is 255 Å². The number of ether oxygens (including phenoxy) is 1. The van der Waals surface area contributed by atoms with Gasteiger partial charge in [-0.25, -0.2) is 8.42 Å². The number of benzene rings is 2. The maximum Gasteiger partial charge on any atom is 0.216 e. The molecule has 7 nitrogen and oxygen atoms in total. The van der Waals surface area contributed by atoms with E-state index in [9.17, 15) is 18.6 Å². The molecule has 9 heteroatoms. The number of nitrogens with zero attached hydrogens (tertiary/aromatic N) is 1. The zero-order valence-electron chi connectivity index (χ0n) is 25.0. The van der Waals surface area contributed by atoms with E-state index in [2.05, 4.69) is 21.8 Å². The van der Waals surface area contributed by atoms with Crippen LogP contribution >= 0.6 is 11.6 Å². The Bertz CT molecular complexity index is 1430. The average molecular weight is 617 g/mol. The van der Waals surface area contributed by atoms with Crippen LogP contribution in [0.4, 0.5) is 5.69 Å². The molecule has 3 N–H and O–H groups in total. The summed E-state index contributed by atoms with van der Waals surface area (Å²) in [5.41, 5.74) is 2.87. The van der Waals surface area contributed by atoms with Gasteiger partial charge < -0.3 is 19.8 Å². The summed E-state index contributed by atoms with van der Waals surface area (Å²) in [4.78, 5) is 2.39. The number of nitrogens with one attached hydrogen (secondary N) is 1. The van der Waals surface area contributed by atoms with Crippen LogP contribution in [0.2, 0.25) is 5.02 Å². The fraction of sp³-hybridized carbons (Fsp3) is 0.636. The molecule has 42 heavy (non-hydrogen) atoms. The monoisotopic (exact) mass is 616 g/mol. The Morgan fingerprint density at radius 1 is 1.07 bits per heavy atom. The van der Waals surface area contributed by atoms with E-state index in [1.54, 1.807) is 13.0 Å². The van der Waals surface area contributed by atoms with Crippen LogP contribution in [0.5, 0.6) is 5.75 Å². The molecule has 2 aromatic carbocycles. The van der Waals surface area contributed by atoms with E-state index in [0.717, 1.165) is 68.1 Å². The zero-order chi connectivity index (χ0) is 29.9. The molecule has 2 aliphatic heterocycles. The summed E-state index contributed by atoms with van der Waals surface area (Å²) in [6, 6.07) is 11.7. The first-order valence-corrected chi connectivity index (χ1v) is 17.5. The number of halogens is 1. The predicted octanol–water partition coefficient (Wildman–Crippen LogP) is 5.71. The van der Waals surface area contributed by atoms with Gasteiger partial charge in [-0.1, -0.05) is 37.1 Å². The maximum atomic E-state index is 13.3. The van der Waals surface area contributed by atoms with Gasteiger partial charge in [0.25, 0.3) is 0 Å². The molecule has 1 fully saturated rings. The van der Waals surface area contributed by atoms with E-state index in [-0.39, 0.29) is 17.3 Å². The van der Waals surface area contributed by atoms with Crippen molar-refractivity contribution in [1.29, 1.82) is 0 Å². The number of anilines is 1. The van der Waals surface area contributed by atoms with Crippen LogP contribution in [0.3, 0.4) is 0 Å². The van der Waals surface area contributed by atoms with Gasteiger partial charge in [-0.2, -0.15) is 4.72 Å². The number of sulfonamides is 1. The standard InChI is InChI=1S/C33H45ClN2O5S/c1-21-6-4-14-32(3,38)27-11-8-25(27)18-36-19-33(15-5-7-23-16-26(34)10-12-28(23)33)20-41-30-13-9-24(17-29(30)36)31(37)35-42(39,40)22(21)2/h9-10,12-13,16-17,21-22,25,27,31,35,37-38H,4-8,11,14-15,18-20H2,1-3H3/t21-,22+,25-,27+,31?,32+,33-/m0/s1. The van der Waals surface area contributed by atoms with Crippen LogP contribution in [0, 0.1) is 17.8 Å². The van der Waals surface area contributed by atoms with Gasteiger partial charge in [0.2, 0.25) is 10.0 Å². The number of hydrogen-bond acceptors (Lipinski definition) is 6. The summed E-state index contributed by atoms with van der Waals surface area (Å²) in [5.74, 6) is 1.12. The third kappa shape index (κ3) is 5.58. The molecule has 1 saturated carbocycles. The maximum absolute atomic E-state index is 13.3. The van der Waals surface area contributed by atoms with Crippen molar-refractivity contribution < 1.29 is 23.4 Å². The van der Waals surface area contributed by atoms with Crippen molar-refractivity contribution in [2.75, 3.05) is 24.6 Å². The Morgan fingerprint density at radius 3 is 2.64 bits per heavy atom. The number of aryl methyl sites for hydroxylation is 1. The highest BCUT2D eigenvalue weighted by Crippen LogP contribution is 2.49. The summed E-state index contributed by atoms with van der Waals surface area (Å²) < 4.78 is 35.7. The average Bonchev–Trinajstić information content (AvgIpc) is 3.06. The first-order valence-electron chi connectivity index (χ1n) is 15.6. The Hall–Kier alpha value is -1.84. The lowest BCUT2D eigenvalue weighted by molar-refractivity contribution is -0.0746. The number of aliphatic hydroxyl groups is 2. The van der Waals surface area contributed by atoms with Gasteiger partial charge in [-0.15, -0.1) is 0 Å². The highest BCUT2D eigenvalue weighted by molar-refractivity contribution is 7.90. The fourth-order valence-electron chi connectivity index (χ4n) is 8.03. The van der Waals surface area contributed by atoms with E-state index >= 15 is 0 Å². The smallest absolute Gasteiger partial charge is 0.216 e. The summed E-state index contributed by atoms with van der Waals surface area (Å²) in [5, 5.41) is 22.9. The van der Waals surface area contributed by atoms with E-state index < -0.39 is 27.1 Å². The second-order valence-electron chi connectivity index (χ2n) is 13.8. The molecule has 6 rings (SSSR count). The minimum Gasteiger partial charge on any atom is -0.490 e. The van der Waals surface area contributed by atoms with Crippen molar-refractivity contribution in [3.8, 4) is 5.75 Å². The second-order valence-corrected chi connectivity index (χ2v) is 16.3. The zero-order valence-corrected chi connectivity index (χ0v) is 26.6. The number of aliphatic hydroxyl groups excluding tert-OH is 1. The molecule has 1 unspecified atom stereocenters. The van der Waals surface area contributed by atoms with Crippen LogP contribution in [0.1, 0.15) is 88.6 Å². The third-order valence-electron chi connectivity index (χ3n) is 11.0. The number of rotatable bonds is 0. The van der Waals surface area contributed by atoms with E-state index in [0.29, 0.717) is 30.9 Å². The van der Waals surface area contributed by atoms with Crippen LogP contribution in [-0.2, 0) is 21.9 Å². The van der Waals surface area contributed by atoms with Gasteiger partial charge in [-0.05, 0) is 118 Å². The molecule has 230 valence electrons. The molecule has 2 aliphatic carbocycles. The van der Waals surface area contributed by atoms with Crippen molar-refractivity contribution in [2.45, 2.75) is 94.6 Å². The molecule has 2 heterocycles. The molecule has 0 aromatic heterocycles. The SMILES string of the molecule is C[C@@H]1[C@@H](C)CCC[C@@](C)(O)[C@@H]2CC[C@H]2CN2C[C@@]3(CCCc4cc(Cl)ccc43)COc3ccc(cc32)C(O)NS1(=O)=O. The van der Waals surface area contributed by atoms with Crippen molar-refractivity contribution in [3.63, 3.8) is 0 Å². The van der Waals surface area contributed by atoms with Crippen LogP contribution < -0.4 is 14.4 Å². The molecule has 2 bridgehead atoms. The van der Waals surface area contributed by atoms with Gasteiger partial charge in [0.05, 0.1) is 23.1 Å². The third-order valence-corrected chi connectivity index (χ3v) is 13.2. The minimum absolute atomic E-state index is 0.115. The summed E-state index contributed by atoms with van der Waals surface area (Å²) in [7, 11) is -3.79. The van der Waals surface area contributed by atoms with Crippen LogP contribution in [0.25, 0.3) is 0 Å². The lowest BCUT2D eigenvalue weighted by Crippen LogP contribution is -2.52. The Kier molecular flexibility index (Phi) is 8.10. The largest absolute Gasteiger partial charge is 0.490 e. The normalized spacial score (nSPS) is 36.6. The highest BCUT2D eigenvalue weighted by Gasteiger charge is 2.47. The molecule has 0 amide bonds. The molecule has 0 radical (unpaired) electrons. The van der Waals surface area contributed by atoms with Crippen molar-refractivity contribution >= 4 is 27.3 Å². The first kappa shape index (κ1) is 30.2. The van der Waals surface area contributed by atoms with Crippen molar-refractivity contribution in [2.24, 2.45) is 17.8 Å². The lowest BCUT2D eigenvalue weighted by atomic mass is 9.63. The molecule has 1 spiro atoms. The van der Waals surface area contributed by atoms with Gasteiger partial charge in [-0.3, -0.25) is 0 Å². The molecule has 0 saturated heterocycles. The van der Waals surface area contributed by atoms with E-state index in [1.807, 2.05) is 32.0 Å². The Balaban J connectivity index is 1.42. The van der Waals surface area contributed by atoms with Gasteiger partial charge in [0.15, 0.2) is 0 Å². The number of fused-ring (bicyclic) bond motifs is 4. The molecular weight excluding hydrogens is 572 g/mol. The minimum atomic E-state index is -3.79. The first-order chi connectivity index (χ1) is 19.9. The quantitative estimate of drug-likeness (QED) is 0.351. The highest BCUT2D eigenvalue weighted by atomic mass is 35.5. The fourth-order valence-corrected chi connectivity index (χ4v) is 9.63. The van der Waals surface area contributed by atoms with E-state index in [1.165, 1.54) is 11.1 Å². The van der Waals surface area contributed by atoms with Crippen molar-refractivity contribution in [1.82, 2.24) is 4.72 Å².